The molecule has 2 aliphatic heterocycles. The fourth-order valence-electron chi connectivity index (χ4n) is 4.08. The van der Waals surface area contributed by atoms with Gasteiger partial charge in [-0.2, -0.15) is 4.31 Å². The van der Waals surface area contributed by atoms with Crippen molar-refractivity contribution >= 4 is 16.0 Å². The van der Waals surface area contributed by atoms with Crippen molar-refractivity contribution in [2.45, 2.75) is 63.5 Å². The number of hydrogen-bond acceptors (Lipinski definition) is 4. The van der Waals surface area contributed by atoms with Crippen molar-refractivity contribution in [2.24, 2.45) is 4.99 Å². The van der Waals surface area contributed by atoms with Crippen LogP contribution in [0, 0.1) is 0 Å². The second-order valence-electron chi connectivity index (χ2n) is 7.92. The minimum absolute atomic E-state index is 0.350. The first kappa shape index (κ1) is 23.0. The largest absolute Gasteiger partial charge is 0.378 e. The van der Waals surface area contributed by atoms with Gasteiger partial charge in [-0.25, -0.2) is 13.4 Å². The molecule has 7 nitrogen and oxygen atoms in total. The van der Waals surface area contributed by atoms with Gasteiger partial charge in [0, 0.05) is 39.3 Å². The van der Waals surface area contributed by atoms with Gasteiger partial charge in [-0.15, -0.1) is 0 Å². The highest BCUT2D eigenvalue weighted by atomic mass is 32.2. The molecule has 168 valence electrons. The third-order valence-corrected chi connectivity index (χ3v) is 7.68. The number of likely N-dealkylation sites (tertiary alicyclic amines) is 1. The zero-order chi connectivity index (χ0) is 21.4. The van der Waals surface area contributed by atoms with Gasteiger partial charge in [-0.05, 0) is 57.2 Å². The molecule has 8 heteroatoms. The Morgan fingerprint density at radius 3 is 2.33 bits per heavy atom. The van der Waals surface area contributed by atoms with E-state index in [1.165, 1.54) is 0 Å². The van der Waals surface area contributed by atoms with E-state index < -0.39 is 10.0 Å². The summed E-state index contributed by atoms with van der Waals surface area (Å²) in [4.78, 5) is 7.45. The number of ether oxygens (including phenoxy) is 1. The number of sulfonamides is 1. The maximum atomic E-state index is 12.8. The lowest BCUT2D eigenvalue weighted by atomic mass is 10.1. The summed E-state index contributed by atoms with van der Waals surface area (Å²) in [5, 5.41) is 3.38. The number of piperidine rings is 2. The molecule has 0 bridgehead atoms. The average molecular weight is 437 g/mol. The van der Waals surface area contributed by atoms with E-state index in [4.69, 9.17) is 9.73 Å². The number of guanidine groups is 1. The Morgan fingerprint density at radius 2 is 1.73 bits per heavy atom. The van der Waals surface area contributed by atoms with Gasteiger partial charge in [-0.3, -0.25) is 0 Å². The topological polar surface area (TPSA) is 74.2 Å². The van der Waals surface area contributed by atoms with E-state index in [1.807, 2.05) is 19.1 Å². The van der Waals surface area contributed by atoms with Crippen LogP contribution in [0.2, 0.25) is 0 Å². The molecule has 0 saturated carbocycles. The van der Waals surface area contributed by atoms with Gasteiger partial charge in [0.1, 0.15) is 0 Å². The van der Waals surface area contributed by atoms with Gasteiger partial charge < -0.3 is 15.0 Å². The Kier molecular flexibility index (Phi) is 8.53. The van der Waals surface area contributed by atoms with Crippen molar-refractivity contribution in [3.05, 3.63) is 29.8 Å². The molecular formula is C22H36N4O3S. The lowest BCUT2D eigenvalue weighted by molar-refractivity contribution is 0.0263. The van der Waals surface area contributed by atoms with Crippen LogP contribution in [0.15, 0.2) is 34.2 Å². The Balaban J connectivity index is 1.62. The van der Waals surface area contributed by atoms with Crippen LogP contribution in [-0.2, 0) is 21.3 Å². The zero-order valence-electron chi connectivity index (χ0n) is 18.3. The fourth-order valence-corrected chi connectivity index (χ4v) is 5.60. The van der Waals surface area contributed by atoms with E-state index >= 15 is 0 Å². The molecule has 0 unspecified atom stereocenters. The van der Waals surface area contributed by atoms with Crippen LogP contribution in [-0.4, -0.2) is 69.0 Å². The van der Waals surface area contributed by atoms with Crippen LogP contribution in [0.5, 0.6) is 0 Å². The number of hydrogen-bond donors (Lipinski definition) is 1. The van der Waals surface area contributed by atoms with Gasteiger partial charge in [0.25, 0.3) is 0 Å². The second-order valence-corrected chi connectivity index (χ2v) is 9.86. The van der Waals surface area contributed by atoms with Crippen LogP contribution in [0.4, 0.5) is 0 Å². The van der Waals surface area contributed by atoms with Gasteiger partial charge in [0.2, 0.25) is 10.0 Å². The average Bonchev–Trinajstić information content (AvgIpc) is 2.78. The Morgan fingerprint density at radius 1 is 1.07 bits per heavy atom. The van der Waals surface area contributed by atoms with Crippen LogP contribution < -0.4 is 5.32 Å². The molecule has 0 atom stereocenters. The SMILES string of the molecule is CCNC(=NCc1ccc(S(=O)(=O)N2CCCCC2)cc1)N1CCC(OCC)CC1. The van der Waals surface area contributed by atoms with Gasteiger partial charge in [0.15, 0.2) is 5.96 Å². The number of nitrogens with one attached hydrogen (secondary N) is 1. The summed E-state index contributed by atoms with van der Waals surface area (Å²) in [6.07, 6.45) is 5.38. The maximum absolute atomic E-state index is 12.8. The van der Waals surface area contributed by atoms with Gasteiger partial charge in [0.05, 0.1) is 17.5 Å². The molecule has 2 aliphatic rings. The molecule has 1 aromatic rings. The predicted octanol–water partition coefficient (Wildman–Crippen LogP) is 2.83. The van der Waals surface area contributed by atoms with Crippen LogP contribution in [0.3, 0.4) is 0 Å². The zero-order valence-corrected chi connectivity index (χ0v) is 19.2. The molecule has 0 spiro atoms. The number of aliphatic imine (C=N–C) groups is 1. The molecule has 1 N–H and O–H groups in total. The van der Waals surface area contributed by atoms with E-state index in [9.17, 15) is 8.42 Å². The van der Waals surface area contributed by atoms with E-state index in [-0.39, 0.29) is 0 Å². The van der Waals surface area contributed by atoms with E-state index in [0.717, 1.165) is 69.9 Å². The third-order valence-electron chi connectivity index (χ3n) is 5.77. The number of benzene rings is 1. The summed E-state index contributed by atoms with van der Waals surface area (Å²) >= 11 is 0. The Labute approximate surface area is 181 Å². The van der Waals surface area contributed by atoms with Crippen molar-refractivity contribution in [3.8, 4) is 0 Å². The summed E-state index contributed by atoms with van der Waals surface area (Å²) in [6.45, 7) is 9.34. The summed E-state index contributed by atoms with van der Waals surface area (Å²) < 4.78 is 33.0. The molecule has 2 heterocycles. The van der Waals surface area contributed by atoms with Crippen molar-refractivity contribution in [1.82, 2.24) is 14.5 Å². The van der Waals surface area contributed by atoms with Crippen molar-refractivity contribution in [1.29, 1.82) is 0 Å². The molecule has 3 rings (SSSR count). The molecule has 30 heavy (non-hydrogen) atoms. The van der Waals surface area contributed by atoms with Crippen molar-refractivity contribution < 1.29 is 13.2 Å². The first-order chi connectivity index (χ1) is 14.5. The van der Waals surface area contributed by atoms with Crippen molar-refractivity contribution in [2.75, 3.05) is 39.3 Å². The smallest absolute Gasteiger partial charge is 0.243 e. The monoisotopic (exact) mass is 436 g/mol. The summed E-state index contributed by atoms with van der Waals surface area (Å²) in [5.41, 5.74) is 1.01. The van der Waals surface area contributed by atoms with Crippen molar-refractivity contribution in [3.63, 3.8) is 0 Å². The summed E-state index contributed by atoms with van der Waals surface area (Å²) in [7, 11) is -3.38. The Bertz CT molecular complexity index is 781. The second kappa shape index (κ2) is 11.1. The number of rotatable bonds is 7. The molecule has 2 fully saturated rings. The Hall–Kier alpha value is -1.64. The van der Waals surface area contributed by atoms with Gasteiger partial charge >= 0.3 is 0 Å². The maximum Gasteiger partial charge on any atom is 0.243 e. The molecular weight excluding hydrogens is 400 g/mol. The molecule has 0 aromatic heterocycles. The first-order valence-electron chi connectivity index (χ1n) is 11.3. The molecule has 0 amide bonds. The summed E-state index contributed by atoms with van der Waals surface area (Å²) in [5.74, 6) is 0.914. The predicted molar refractivity (Wildman–Crippen MR) is 120 cm³/mol. The van der Waals surface area contributed by atoms with Crippen LogP contribution >= 0.6 is 0 Å². The highest BCUT2D eigenvalue weighted by Crippen LogP contribution is 2.21. The fraction of sp³-hybridized carbons (Fsp3) is 0.682. The minimum Gasteiger partial charge on any atom is -0.378 e. The van der Waals surface area contributed by atoms with Crippen LogP contribution in [0.1, 0.15) is 51.5 Å². The minimum atomic E-state index is -3.38. The molecule has 0 aliphatic carbocycles. The van der Waals surface area contributed by atoms with Gasteiger partial charge in [-0.1, -0.05) is 18.6 Å². The highest BCUT2D eigenvalue weighted by Gasteiger charge is 2.25. The summed E-state index contributed by atoms with van der Waals surface area (Å²) in [6, 6.07) is 7.20. The van der Waals surface area contributed by atoms with E-state index in [0.29, 0.717) is 30.6 Å². The normalized spacial score (nSPS) is 19.8. The lowest BCUT2D eigenvalue weighted by Gasteiger charge is -2.34. The first-order valence-corrected chi connectivity index (χ1v) is 12.7. The molecule has 0 radical (unpaired) electrons. The number of nitrogens with zero attached hydrogens (tertiary/aromatic N) is 3. The quantitative estimate of drug-likeness (QED) is 0.526. The van der Waals surface area contributed by atoms with Crippen LogP contribution in [0.25, 0.3) is 0 Å². The lowest BCUT2D eigenvalue weighted by Crippen LogP contribution is -2.47. The molecule has 2 saturated heterocycles. The molecule has 1 aromatic carbocycles. The van der Waals surface area contributed by atoms with E-state index in [1.54, 1.807) is 16.4 Å². The highest BCUT2D eigenvalue weighted by molar-refractivity contribution is 7.89. The third kappa shape index (κ3) is 5.95. The van der Waals surface area contributed by atoms with E-state index in [2.05, 4.69) is 17.1 Å². The standard InChI is InChI=1S/C22H36N4O3S/c1-3-23-22(25-16-12-20(13-17-25)29-4-2)24-18-19-8-10-21(11-9-19)30(27,28)26-14-6-5-7-15-26/h8-11,20H,3-7,12-18H2,1-2H3,(H,23,24).